The van der Waals surface area contributed by atoms with Crippen molar-refractivity contribution in [1.29, 1.82) is 0 Å². The highest BCUT2D eigenvalue weighted by molar-refractivity contribution is 6.01. The minimum Gasteiger partial charge on any atom is -0.351 e. The van der Waals surface area contributed by atoms with E-state index in [-0.39, 0.29) is 24.3 Å². The molecule has 5 heteroatoms. The van der Waals surface area contributed by atoms with Crippen LogP contribution in [-0.4, -0.2) is 17.9 Å². The number of carbonyl (C=O) groups is 2. The number of hydrogen-bond acceptors (Lipinski definition) is 2. The second-order valence-corrected chi connectivity index (χ2v) is 7.70. The van der Waals surface area contributed by atoms with Crippen LogP contribution in [0.15, 0.2) is 48.5 Å². The summed E-state index contributed by atoms with van der Waals surface area (Å²) in [6.07, 6.45) is 5.51. The molecule has 154 valence electrons. The van der Waals surface area contributed by atoms with Crippen molar-refractivity contribution in [1.82, 2.24) is 5.32 Å². The summed E-state index contributed by atoms with van der Waals surface area (Å²) in [5, 5.41) is 3.16. The van der Waals surface area contributed by atoms with Crippen molar-refractivity contribution in [3.05, 3.63) is 65.5 Å². The average molecular weight is 397 g/mol. The number of benzene rings is 2. The molecule has 1 aliphatic carbocycles. The van der Waals surface area contributed by atoms with Crippen molar-refractivity contribution >= 4 is 17.5 Å². The zero-order valence-corrected chi connectivity index (χ0v) is 17.2. The molecular formula is C24H29FN2O2. The van der Waals surface area contributed by atoms with Gasteiger partial charge in [-0.3, -0.25) is 14.5 Å². The summed E-state index contributed by atoms with van der Waals surface area (Å²) < 4.78 is 14.0. The second-order valence-electron chi connectivity index (χ2n) is 7.70. The van der Waals surface area contributed by atoms with E-state index in [4.69, 9.17) is 0 Å². The Labute approximate surface area is 172 Å². The van der Waals surface area contributed by atoms with Crippen molar-refractivity contribution in [3.8, 4) is 0 Å². The topological polar surface area (TPSA) is 49.4 Å². The largest absolute Gasteiger partial charge is 0.351 e. The minimum atomic E-state index is -0.840. The molecule has 0 spiro atoms. The van der Waals surface area contributed by atoms with Crippen molar-refractivity contribution < 1.29 is 14.0 Å². The third-order valence-corrected chi connectivity index (χ3v) is 5.60. The molecule has 2 aromatic carbocycles. The molecule has 1 unspecified atom stereocenters. The number of nitrogens with one attached hydrogen (secondary N) is 1. The second kappa shape index (κ2) is 9.68. The van der Waals surface area contributed by atoms with Crippen LogP contribution in [0.25, 0.3) is 0 Å². The van der Waals surface area contributed by atoms with Crippen LogP contribution in [0.4, 0.5) is 10.1 Å². The Bertz CT molecular complexity index is 861. The van der Waals surface area contributed by atoms with Crippen LogP contribution in [0.2, 0.25) is 0 Å². The molecule has 0 bridgehead atoms. The van der Waals surface area contributed by atoms with Gasteiger partial charge in [-0.2, -0.15) is 0 Å². The third kappa shape index (κ3) is 5.03. The molecule has 1 atom stereocenters. The van der Waals surface area contributed by atoms with Crippen LogP contribution >= 0.6 is 0 Å². The zero-order chi connectivity index (χ0) is 20.8. The van der Waals surface area contributed by atoms with E-state index < -0.39 is 11.9 Å². The Morgan fingerprint density at radius 2 is 1.83 bits per heavy atom. The number of carbonyl (C=O) groups excluding carboxylic acids is 2. The molecule has 0 saturated heterocycles. The molecule has 1 saturated carbocycles. The number of hydrogen-bond donors (Lipinski definition) is 1. The van der Waals surface area contributed by atoms with E-state index in [0.29, 0.717) is 5.69 Å². The fourth-order valence-electron chi connectivity index (χ4n) is 4.05. The standard InChI is InChI=1S/C24H29FN2O2/c1-3-22(28)27(20-14-9-11-18(25)16-20)23(21-15-8-7-10-17(21)2)24(29)26-19-12-5-4-6-13-19/h7-11,14-16,19,23H,3-6,12-13H2,1-2H3,(H,26,29). The molecule has 0 aromatic heterocycles. The molecule has 0 aliphatic heterocycles. The summed E-state index contributed by atoms with van der Waals surface area (Å²) in [5.74, 6) is -0.868. The van der Waals surface area contributed by atoms with E-state index in [9.17, 15) is 14.0 Å². The summed E-state index contributed by atoms with van der Waals surface area (Å²) in [6.45, 7) is 3.68. The quantitative estimate of drug-likeness (QED) is 0.741. The van der Waals surface area contributed by atoms with Gasteiger partial charge in [-0.25, -0.2) is 4.39 Å². The van der Waals surface area contributed by atoms with Gasteiger partial charge in [0.05, 0.1) is 0 Å². The van der Waals surface area contributed by atoms with Gasteiger partial charge in [-0.15, -0.1) is 0 Å². The van der Waals surface area contributed by atoms with E-state index in [0.717, 1.165) is 36.8 Å². The molecule has 4 nitrogen and oxygen atoms in total. The van der Waals surface area contributed by atoms with Gasteiger partial charge in [0, 0.05) is 18.2 Å². The maximum Gasteiger partial charge on any atom is 0.248 e. The predicted molar refractivity (Wildman–Crippen MR) is 113 cm³/mol. The molecular weight excluding hydrogens is 367 g/mol. The molecule has 29 heavy (non-hydrogen) atoms. The molecule has 3 rings (SSSR count). The first kappa shape index (κ1) is 21.0. The summed E-state index contributed by atoms with van der Waals surface area (Å²) in [7, 11) is 0. The van der Waals surface area contributed by atoms with Gasteiger partial charge < -0.3 is 5.32 Å². The first-order valence-corrected chi connectivity index (χ1v) is 10.4. The lowest BCUT2D eigenvalue weighted by molar-refractivity contribution is -0.127. The van der Waals surface area contributed by atoms with Gasteiger partial charge in [0.15, 0.2) is 0 Å². The number of halogens is 1. The van der Waals surface area contributed by atoms with Gasteiger partial charge in [0.25, 0.3) is 0 Å². The molecule has 1 N–H and O–H groups in total. The molecule has 1 aliphatic rings. The van der Waals surface area contributed by atoms with Gasteiger partial charge >= 0.3 is 0 Å². The van der Waals surface area contributed by atoms with E-state index in [1.165, 1.54) is 23.5 Å². The number of nitrogens with zero attached hydrogens (tertiary/aromatic N) is 1. The van der Waals surface area contributed by atoms with Crippen molar-refractivity contribution in [2.45, 2.75) is 64.5 Å². The number of amides is 2. The summed E-state index contributed by atoms with van der Waals surface area (Å²) in [6, 6.07) is 12.7. The van der Waals surface area contributed by atoms with Gasteiger partial charge in [0.2, 0.25) is 11.8 Å². The van der Waals surface area contributed by atoms with E-state index in [1.807, 2.05) is 31.2 Å². The predicted octanol–water partition coefficient (Wildman–Crippen LogP) is 5.07. The van der Waals surface area contributed by atoms with E-state index >= 15 is 0 Å². The Kier molecular flexibility index (Phi) is 7.02. The Balaban J connectivity index is 2.04. The maximum absolute atomic E-state index is 14.0. The average Bonchev–Trinajstić information content (AvgIpc) is 2.73. The Hall–Kier alpha value is -2.69. The van der Waals surface area contributed by atoms with Crippen molar-refractivity contribution in [3.63, 3.8) is 0 Å². The molecule has 2 amide bonds. The monoisotopic (exact) mass is 396 g/mol. The Morgan fingerprint density at radius 1 is 1.10 bits per heavy atom. The molecule has 0 heterocycles. The van der Waals surface area contributed by atoms with Crippen LogP contribution < -0.4 is 10.2 Å². The first-order valence-electron chi connectivity index (χ1n) is 10.4. The van der Waals surface area contributed by atoms with Gasteiger partial charge in [-0.1, -0.05) is 56.5 Å². The van der Waals surface area contributed by atoms with Gasteiger partial charge in [0.1, 0.15) is 11.9 Å². The normalized spacial score (nSPS) is 15.6. The highest BCUT2D eigenvalue weighted by Crippen LogP contribution is 2.31. The SMILES string of the molecule is CCC(=O)N(c1cccc(F)c1)C(C(=O)NC1CCCCC1)c1ccccc1C. The highest BCUT2D eigenvalue weighted by atomic mass is 19.1. The van der Waals surface area contributed by atoms with E-state index in [2.05, 4.69) is 5.32 Å². The molecule has 1 fully saturated rings. The zero-order valence-electron chi connectivity index (χ0n) is 17.2. The summed E-state index contributed by atoms with van der Waals surface area (Å²) in [5.41, 5.74) is 2.07. The number of anilines is 1. The van der Waals surface area contributed by atoms with Crippen LogP contribution in [0.5, 0.6) is 0 Å². The van der Waals surface area contributed by atoms with Crippen LogP contribution in [0.1, 0.15) is 62.6 Å². The lowest BCUT2D eigenvalue weighted by Gasteiger charge is -2.34. The minimum absolute atomic E-state index is 0.119. The first-order chi connectivity index (χ1) is 14.0. The molecule has 0 radical (unpaired) electrons. The third-order valence-electron chi connectivity index (χ3n) is 5.60. The number of rotatable bonds is 6. The molecule has 2 aromatic rings. The lowest BCUT2D eigenvalue weighted by Crippen LogP contribution is -2.47. The van der Waals surface area contributed by atoms with Gasteiger partial charge in [-0.05, 0) is 49.1 Å². The van der Waals surface area contributed by atoms with Crippen molar-refractivity contribution in [2.24, 2.45) is 0 Å². The fourth-order valence-corrected chi connectivity index (χ4v) is 4.05. The van der Waals surface area contributed by atoms with Crippen LogP contribution in [0.3, 0.4) is 0 Å². The van der Waals surface area contributed by atoms with Crippen LogP contribution in [-0.2, 0) is 9.59 Å². The summed E-state index contributed by atoms with van der Waals surface area (Å²) >= 11 is 0. The Morgan fingerprint density at radius 3 is 2.48 bits per heavy atom. The fraction of sp³-hybridized carbons (Fsp3) is 0.417. The lowest BCUT2D eigenvalue weighted by atomic mass is 9.93. The summed E-state index contributed by atoms with van der Waals surface area (Å²) in [4.78, 5) is 27.9. The highest BCUT2D eigenvalue weighted by Gasteiger charge is 2.34. The van der Waals surface area contributed by atoms with Crippen LogP contribution in [0, 0.1) is 12.7 Å². The van der Waals surface area contributed by atoms with Crippen molar-refractivity contribution in [2.75, 3.05) is 4.90 Å². The maximum atomic E-state index is 14.0. The van der Waals surface area contributed by atoms with E-state index in [1.54, 1.807) is 19.1 Å². The smallest absolute Gasteiger partial charge is 0.248 e. The number of aryl methyl sites for hydroxylation is 1.